The quantitative estimate of drug-likeness (QED) is 0.813. The molecule has 2 N–H and O–H groups in total. The smallest absolute Gasteiger partial charge is 0.162 e. The summed E-state index contributed by atoms with van der Waals surface area (Å²) in [6.45, 7) is 3.66. The van der Waals surface area contributed by atoms with E-state index in [0.717, 1.165) is 36.4 Å². The predicted molar refractivity (Wildman–Crippen MR) is 82.6 cm³/mol. The third kappa shape index (κ3) is 3.79. The Balaban J connectivity index is 1.91. The zero-order chi connectivity index (χ0) is 14.4. The van der Waals surface area contributed by atoms with Crippen molar-refractivity contribution in [1.29, 1.82) is 0 Å². The number of benzene rings is 1. The lowest BCUT2D eigenvalue weighted by atomic mass is 10.1. The molecule has 0 radical (unpaired) electrons. The minimum atomic E-state index is 0.699. The Bertz CT molecular complexity index is 429. The van der Waals surface area contributed by atoms with Crippen LogP contribution in [-0.4, -0.2) is 38.8 Å². The predicted octanol–water partition coefficient (Wildman–Crippen LogP) is 2.70. The summed E-state index contributed by atoms with van der Waals surface area (Å²) in [6.07, 6.45) is 6.21. The Hall–Kier alpha value is -1.42. The molecule has 0 aliphatic carbocycles. The van der Waals surface area contributed by atoms with Gasteiger partial charge in [-0.05, 0) is 56.9 Å². The molecule has 1 heterocycles. The van der Waals surface area contributed by atoms with Crippen LogP contribution in [0, 0.1) is 0 Å². The van der Waals surface area contributed by atoms with E-state index in [1.54, 1.807) is 14.2 Å². The van der Waals surface area contributed by atoms with Gasteiger partial charge < -0.3 is 20.1 Å². The first-order valence-electron chi connectivity index (χ1n) is 7.47. The molecular weight excluding hydrogens is 252 g/mol. The van der Waals surface area contributed by atoms with Crippen LogP contribution in [0.15, 0.2) is 12.1 Å². The standard InChI is InChI=1S/C16H26N2O2/c1-19-15-11-13(14(17)12-16(15)20-2)7-6-10-18-8-4-3-5-9-18/h11-12H,3-10,17H2,1-2H3. The summed E-state index contributed by atoms with van der Waals surface area (Å²) >= 11 is 0. The van der Waals surface area contributed by atoms with Gasteiger partial charge in [0, 0.05) is 11.8 Å². The fraction of sp³-hybridized carbons (Fsp3) is 0.625. The summed E-state index contributed by atoms with van der Waals surface area (Å²) in [5, 5.41) is 0. The van der Waals surface area contributed by atoms with E-state index < -0.39 is 0 Å². The Morgan fingerprint density at radius 1 is 1.05 bits per heavy atom. The van der Waals surface area contributed by atoms with Crippen molar-refractivity contribution in [3.8, 4) is 11.5 Å². The maximum absolute atomic E-state index is 6.09. The molecule has 1 aromatic rings. The number of nitrogens with zero attached hydrogens (tertiary/aromatic N) is 1. The molecule has 0 atom stereocenters. The molecule has 0 amide bonds. The number of ether oxygens (including phenoxy) is 2. The number of methoxy groups -OCH3 is 2. The maximum atomic E-state index is 6.09. The minimum absolute atomic E-state index is 0.699. The van der Waals surface area contributed by atoms with Crippen molar-refractivity contribution in [2.24, 2.45) is 0 Å². The molecule has 0 spiro atoms. The molecule has 0 aromatic heterocycles. The van der Waals surface area contributed by atoms with E-state index in [0.29, 0.717) is 5.75 Å². The fourth-order valence-corrected chi connectivity index (χ4v) is 2.83. The van der Waals surface area contributed by atoms with Crippen molar-refractivity contribution >= 4 is 5.69 Å². The first kappa shape index (κ1) is 15.0. The van der Waals surface area contributed by atoms with Crippen LogP contribution in [-0.2, 0) is 6.42 Å². The molecule has 1 aromatic carbocycles. The second-order valence-electron chi connectivity index (χ2n) is 5.41. The van der Waals surface area contributed by atoms with Crippen molar-refractivity contribution in [3.63, 3.8) is 0 Å². The molecule has 0 saturated carbocycles. The van der Waals surface area contributed by atoms with Crippen molar-refractivity contribution in [2.75, 3.05) is 39.6 Å². The largest absolute Gasteiger partial charge is 0.493 e. The molecule has 0 bridgehead atoms. The Morgan fingerprint density at radius 3 is 2.35 bits per heavy atom. The van der Waals surface area contributed by atoms with Crippen molar-refractivity contribution in [2.45, 2.75) is 32.1 Å². The summed E-state index contributed by atoms with van der Waals surface area (Å²) in [5.41, 5.74) is 8.04. The van der Waals surface area contributed by atoms with Gasteiger partial charge in [0.2, 0.25) is 0 Å². The van der Waals surface area contributed by atoms with Crippen LogP contribution in [0.1, 0.15) is 31.2 Å². The Labute approximate surface area is 121 Å². The second-order valence-corrected chi connectivity index (χ2v) is 5.41. The highest BCUT2D eigenvalue weighted by Crippen LogP contribution is 2.32. The molecule has 4 nitrogen and oxygen atoms in total. The lowest BCUT2D eigenvalue weighted by Gasteiger charge is -2.26. The van der Waals surface area contributed by atoms with Gasteiger partial charge in [0.05, 0.1) is 14.2 Å². The van der Waals surface area contributed by atoms with Gasteiger partial charge in [0.1, 0.15) is 0 Å². The van der Waals surface area contributed by atoms with Gasteiger partial charge in [-0.15, -0.1) is 0 Å². The van der Waals surface area contributed by atoms with Crippen LogP contribution in [0.2, 0.25) is 0 Å². The summed E-state index contributed by atoms with van der Waals surface area (Å²) in [4.78, 5) is 2.56. The summed E-state index contributed by atoms with van der Waals surface area (Å²) < 4.78 is 10.6. The number of nitrogen functional groups attached to an aromatic ring is 1. The van der Waals surface area contributed by atoms with Gasteiger partial charge >= 0.3 is 0 Å². The molecule has 1 aliphatic heterocycles. The Morgan fingerprint density at radius 2 is 1.70 bits per heavy atom. The number of piperidine rings is 1. The van der Waals surface area contributed by atoms with Crippen LogP contribution in [0.3, 0.4) is 0 Å². The highest BCUT2D eigenvalue weighted by molar-refractivity contribution is 5.58. The number of hydrogen-bond acceptors (Lipinski definition) is 4. The van der Waals surface area contributed by atoms with Crippen molar-refractivity contribution in [1.82, 2.24) is 4.90 Å². The first-order chi connectivity index (χ1) is 9.74. The average Bonchev–Trinajstić information content (AvgIpc) is 2.49. The molecule has 4 heteroatoms. The average molecular weight is 278 g/mol. The van der Waals surface area contributed by atoms with Gasteiger partial charge in [-0.2, -0.15) is 0 Å². The summed E-state index contributed by atoms with van der Waals surface area (Å²) in [6, 6.07) is 3.86. The topological polar surface area (TPSA) is 47.7 Å². The summed E-state index contributed by atoms with van der Waals surface area (Å²) in [5.74, 6) is 1.46. The van der Waals surface area contributed by atoms with Crippen molar-refractivity contribution in [3.05, 3.63) is 17.7 Å². The highest BCUT2D eigenvalue weighted by atomic mass is 16.5. The fourth-order valence-electron chi connectivity index (χ4n) is 2.83. The lowest BCUT2D eigenvalue weighted by Crippen LogP contribution is -2.30. The third-order valence-electron chi connectivity index (χ3n) is 4.01. The van der Waals surface area contributed by atoms with E-state index in [-0.39, 0.29) is 0 Å². The van der Waals surface area contributed by atoms with E-state index in [1.807, 2.05) is 12.1 Å². The van der Waals surface area contributed by atoms with E-state index in [1.165, 1.54) is 32.4 Å². The van der Waals surface area contributed by atoms with Crippen LogP contribution >= 0.6 is 0 Å². The summed E-state index contributed by atoms with van der Waals surface area (Å²) in [7, 11) is 3.29. The molecule has 20 heavy (non-hydrogen) atoms. The monoisotopic (exact) mass is 278 g/mol. The van der Waals surface area contributed by atoms with Gasteiger partial charge in [0.15, 0.2) is 11.5 Å². The Kier molecular flexibility index (Phi) is 5.53. The molecule has 0 unspecified atom stereocenters. The normalized spacial score (nSPS) is 16.1. The van der Waals surface area contributed by atoms with E-state index in [2.05, 4.69) is 4.90 Å². The van der Waals surface area contributed by atoms with Crippen LogP contribution in [0.4, 0.5) is 5.69 Å². The molecular formula is C16H26N2O2. The first-order valence-corrected chi connectivity index (χ1v) is 7.47. The third-order valence-corrected chi connectivity index (χ3v) is 4.01. The molecule has 1 saturated heterocycles. The number of anilines is 1. The van der Waals surface area contributed by atoms with Crippen LogP contribution in [0.5, 0.6) is 11.5 Å². The van der Waals surface area contributed by atoms with Crippen LogP contribution in [0.25, 0.3) is 0 Å². The SMILES string of the molecule is COc1cc(N)c(CCCN2CCCCC2)cc1OC. The van der Waals surface area contributed by atoms with E-state index in [4.69, 9.17) is 15.2 Å². The number of likely N-dealkylation sites (tertiary alicyclic amines) is 1. The van der Waals surface area contributed by atoms with E-state index in [9.17, 15) is 0 Å². The lowest BCUT2D eigenvalue weighted by molar-refractivity contribution is 0.226. The highest BCUT2D eigenvalue weighted by Gasteiger charge is 2.11. The number of nitrogens with two attached hydrogens (primary N) is 1. The van der Waals surface area contributed by atoms with Crippen LogP contribution < -0.4 is 15.2 Å². The zero-order valence-corrected chi connectivity index (χ0v) is 12.7. The molecule has 1 fully saturated rings. The number of aryl methyl sites for hydroxylation is 1. The minimum Gasteiger partial charge on any atom is -0.493 e. The van der Waals surface area contributed by atoms with Crippen molar-refractivity contribution < 1.29 is 9.47 Å². The van der Waals surface area contributed by atoms with Gasteiger partial charge in [-0.25, -0.2) is 0 Å². The van der Waals surface area contributed by atoms with E-state index >= 15 is 0 Å². The number of rotatable bonds is 6. The molecule has 2 rings (SSSR count). The molecule has 1 aliphatic rings. The molecule has 112 valence electrons. The van der Waals surface area contributed by atoms with Gasteiger partial charge in [-0.3, -0.25) is 0 Å². The zero-order valence-electron chi connectivity index (χ0n) is 12.7. The van der Waals surface area contributed by atoms with Gasteiger partial charge in [0.25, 0.3) is 0 Å². The second kappa shape index (κ2) is 7.39. The number of hydrogen-bond donors (Lipinski definition) is 1. The van der Waals surface area contributed by atoms with Gasteiger partial charge in [-0.1, -0.05) is 6.42 Å². The maximum Gasteiger partial charge on any atom is 0.162 e.